The Morgan fingerprint density at radius 3 is 3.09 bits per heavy atom. The molecule has 0 aromatic carbocycles. The first-order chi connectivity index (χ1) is 11.2. The standard InChI is InChI=1S/C15H18N4O4/c1-19-7-12(6-17-19)23-14-9-21-8-13(14)18-15(20)10-22-11-3-2-4-16-5-11/h2-7,13-14H,8-10H2,1H3,(H,18,20)/t13-,14+/m0/s1. The number of nitrogens with one attached hydrogen (secondary N) is 1. The Bertz CT molecular complexity index is 646. The van der Waals surface area contributed by atoms with Crippen molar-refractivity contribution in [1.82, 2.24) is 20.1 Å². The summed E-state index contributed by atoms with van der Waals surface area (Å²) in [5, 5.41) is 6.91. The Balaban J connectivity index is 1.49. The molecule has 2 aromatic rings. The van der Waals surface area contributed by atoms with E-state index in [9.17, 15) is 4.79 Å². The highest BCUT2D eigenvalue weighted by Crippen LogP contribution is 2.16. The van der Waals surface area contributed by atoms with Crippen molar-refractivity contribution in [2.45, 2.75) is 12.1 Å². The quantitative estimate of drug-likeness (QED) is 0.816. The molecule has 3 rings (SSSR count). The van der Waals surface area contributed by atoms with Gasteiger partial charge < -0.3 is 19.5 Å². The lowest BCUT2D eigenvalue weighted by Gasteiger charge is -2.19. The van der Waals surface area contributed by atoms with Crippen molar-refractivity contribution in [3.8, 4) is 11.5 Å². The van der Waals surface area contributed by atoms with E-state index in [2.05, 4.69) is 15.4 Å². The Labute approximate surface area is 133 Å². The average molecular weight is 318 g/mol. The summed E-state index contributed by atoms with van der Waals surface area (Å²) in [5.74, 6) is 0.964. The summed E-state index contributed by atoms with van der Waals surface area (Å²) in [7, 11) is 1.81. The van der Waals surface area contributed by atoms with Gasteiger partial charge in [-0.25, -0.2) is 0 Å². The van der Waals surface area contributed by atoms with Crippen molar-refractivity contribution in [2.24, 2.45) is 7.05 Å². The molecule has 1 N–H and O–H groups in total. The van der Waals surface area contributed by atoms with Gasteiger partial charge in [0.15, 0.2) is 12.4 Å². The zero-order chi connectivity index (χ0) is 16.1. The van der Waals surface area contributed by atoms with Gasteiger partial charge in [0.05, 0.1) is 37.8 Å². The molecule has 0 unspecified atom stereocenters. The number of carbonyl (C=O) groups is 1. The van der Waals surface area contributed by atoms with Crippen molar-refractivity contribution in [1.29, 1.82) is 0 Å². The molecule has 1 aliphatic heterocycles. The third kappa shape index (κ3) is 4.19. The second-order valence-electron chi connectivity index (χ2n) is 5.19. The van der Waals surface area contributed by atoms with Gasteiger partial charge in [-0.1, -0.05) is 0 Å². The number of aryl methyl sites for hydroxylation is 1. The van der Waals surface area contributed by atoms with Crippen molar-refractivity contribution in [3.63, 3.8) is 0 Å². The van der Waals surface area contributed by atoms with E-state index in [0.717, 1.165) is 0 Å². The van der Waals surface area contributed by atoms with Crippen LogP contribution in [-0.2, 0) is 16.6 Å². The van der Waals surface area contributed by atoms with Crippen LogP contribution in [0.1, 0.15) is 0 Å². The number of hydrogen-bond donors (Lipinski definition) is 1. The molecular weight excluding hydrogens is 300 g/mol. The number of carbonyl (C=O) groups excluding carboxylic acids is 1. The molecule has 1 fully saturated rings. The van der Waals surface area contributed by atoms with Crippen LogP contribution in [0, 0.1) is 0 Å². The van der Waals surface area contributed by atoms with Gasteiger partial charge in [-0.3, -0.25) is 14.5 Å². The molecule has 2 aromatic heterocycles. The molecule has 8 nitrogen and oxygen atoms in total. The molecule has 2 atom stereocenters. The minimum absolute atomic E-state index is 0.0815. The minimum atomic E-state index is -0.249. The summed E-state index contributed by atoms with van der Waals surface area (Å²) in [6.07, 6.45) is 6.34. The SMILES string of the molecule is Cn1cc(O[C@@H]2COC[C@@H]2NC(=O)COc2cccnc2)cn1. The summed E-state index contributed by atoms with van der Waals surface area (Å²) < 4.78 is 18.2. The lowest BCUT2D eigenvalue weighted by atomic mass is 10.2. The fourth-order valence-corrected chi connectivity index (χ4v) is 2.25. The minimum Gasteiger partial charge on any atom is -0.482 e. The molecule has 0 spiro atoms. The largest absolute Gasteiger partial charge is 0.482 e. The third-order valence-corrected chi connectivity index (χ3v) is 3.35. The van der Waals surface area contributed by atoms with Gasteiger partial charge in [0, 0.05) is 13.2 Å². The number of pyridine rings is 1. The number of ether oxygens (including phenoxy) is 3. The normalized spacial score (nSPS) is 20.2. The Hall–Kier alpha value is -2.61. The van der Waals surface area contributed by atoms with E-state index in [4.69, 9.17) is 14.2 Å². The number of amides is 1. The van der Waals surface area contributed by atoms with Gasteiger partial charge in [-0.15, -0.1) is 0 Å². The van der Waals surface area contributed by atoms with E-state index in [1.54, 1.807) is 41.6 Å². The third-order valence-electron chi connectivity index (χ3n) is 3.35. The maximum atomic E-state index is 12.0. The van der Waals surface area contributed by atoms with Crippen LogP contribution < -0.4 is 14.8 Å². The van der Waals surface area contributed by atoms with E-state index in [1.807, 2.05) is 7.05 Å². The monoisotopic (exact) mass is 318 g/mol. The zero-order valence-corrected chi connectivity index (χ0v) is 12.7. The Kier molecular flexibility index (Phi) is 4.72. The molecule has 1 amide bonds. The van der Waals surface area contributed by atoms with Crippen molar-refractivity contribution >= 4 is 5.91 Å². The van der Waals surface area contributed by atoms with Crippen LogP contribution in [0.3, 0.4) is 0 Å². The van der Waals surface area contributed by atoms with Crippen LogP contribution in [0.4, 0.5) is 0 Å². The molecular formula is C15H18N4O4. The fourth-order valence-electron chi connectivity index (χ4n) is 2.25. The first-order valence-electron chi connectivity index (χ1n) is 7.26. The highest BCUT2D eigenvalue weighted by molar-refractivity contribution is 5.78. The summed E-state index contributed by atoms with van der Waals surface area (Å²) in [6, 6.07) is 3.27. The molecule has 122 valence electrons. The highest BCUT2D eigenvalue weighted by atomic mass is 16.5. The van der Waals surface area contributed by atoms with E-state index < -0.39 is 0 Å². The van der Waals surface area contributed by atoms with Crippen LogP contribution >= 0.6 is 0 Å². The number of aromatic nitrogens is 3. The van der Waals surface area contributed by atoms with Crippen LogP contribution in [-0.4, -0.2) is 52.6 Å². The van der Waals surface area contributed by atoms with E-state index >= 15 is 0 Å². The van der Waals surface area contributed by atoms with Crippen molar-refractivity contribution in [2.75, 3.05) is 19.8 Å². The summed E-state index contributed by atoms with van der Waals surface area (Å²) in [5.41, 5.74) is 0. The predicted octanol–water partition coefficient (Wildman–Crippen LogP) is 0.156. The topological polar surface area (TPSA) is 87.5 Å². The van der Waals surface area contributed by atoms with Crippen LogP contribution in [0.5, 0.6) is 11.5 Å². The molecule has 1 saturated heterocycles. The molecule has 23 heavy (non-hydrogen) atoms. The first-order valence-corrected chi connectivity index (χ1v) is 7.26. The van der Waals surface area contributed by atoms with E-state index in [1.165, 1.54) is 0 Å². The second-order valence-corrected chi connectivity index (χ2v) is 5.19. The molecule has 0 bridgehead atoms. The van der Waals surface area contributed by atoms with Crippen LogP contribution in [0.15, 0.2) is 36.9 Å². The van der Waals surface area contributed by atoms with Gasteiger partial charge >= 0.3 is 0 Å². The van der Waals surface area contributed by atoms with Crippen LogP contribution in [0.2, 0.25) is 0 Å². The summed E-state index contributed by atoms with van der Waals surface area (Å²) in [4.78, 5) is 15.9. The summed E-state index contributed by atoms with van der Waals surface area (Å²) >= 11 is 0. The average Bonchev–Trinajstić information content (AvgIpc) is 3.16. The second kappa shape index (κ2) is 7.10. The first kappa shape index (κ1) is 15.3. The number of hydrogen-bond acceptors (Lipinski definition) is 6. The number of nitrogens with zero attached hydrogens (tertiary/aromatic N) is 3. The zero-order valence-electron chi connectivity index (χ0n) is 12.7. The van der Waals surface area contributed by atoms with Gasteiger partial charge in [-0.2, -0.15) is 5.10 Å². The predicted molar refractivity (Wildman–Crippen MR) is 80.1 cm³/mol. The Morgan fingerprint density at radius 2 is 2.35 bits per heavy atom. The van der Waals surface area contributed by atoms with Gasteiger partial charge in [0.1, 0.15) is 11.9 Å². The van der Waals surface area contributed by atoms with Gasteiger partial charge in [0.25, 0.3) is 5.91 Å². The smallest absolute Gasteiger partial charge is 0.258 e. The lowest BCUT2D eigenvalue weighted by molar-refractivity contribution is -0.124. The molecule has 1 aliphatic rings. The Morgan fingerprint density at radius 1 is 1.43 bits per heavy atom. The van der Waals surface area contributed by atoms with Crippen molar-refractivity contribution < 1.29 is 19.0 Å². The maximum Gasteiger partial charge on any atom is 0.258 e. The fraction of sp³-hybridized carbons (Fsp3) is 0.400. The van der Waals surface area contributed by atoms with E-state index in [0.29, 0.717) is 24.7 Å². The molecule has 0 radical (unpaired) electrons. The molecule has 8 heteroatoms. The molecule has 0 saturated carbocycles. The summed E-state index contributed by atoms with van der Waals surface area (Å²) in [6.45, 7) is 0.745. The van der Waals surface area contributed by atoms with Gasteiger partial charge in [0.2, 0.25) is 0 Å². The van der Waals surface area contributed by atoms with E-state index in [-0.39, 0.29) is 24.7 Å². The molecule has 3 heterocycles. The maximum absolute atomic E-state index is 12.0. The van der Waals surface area contributed by atoms with Crippen LogP contribution in [0.25, 0.3) is 0 Å². The van der Waals surface area contributed by atoms with Gasteiger partial charge in [-0.05, 0) is 12.1 Å². The lowest BCUT2D eigenvalue weighted by Crippen LogP contribution is -2.46. The molecule has 0 aliphatic carbocycles. The van der Waals surface area contributed by atoms with Crippen molar-refractivity contribution in [3.05, 3.63) is 36.9 Å². The highest BCUT2D eigenvalue weighted by Gasteiger charge is 2.31. The number of rotatable bonds is 6.